The van der Waals surface area contributed by atoms with Crippen LogP contribution in [0.4, 0.5) is 4.39 Å². The standard InChI is InChI=1S/C25H28FN3O3/c1-2-13-32-24-8-4-7-22-21(24)17-23(29(22)18-19-5-3-6-20(26)16-19)25(30)27-9-10-28-11-14-31-15-12-28/h2-8,16-17H,1,9-15,18H2,(H,27,30). The number of nitrogens with one attached hydrogen (secondary N) is 1. The van der Waals surface area contributed by atoms with Crippen molar-refractivity contribution in [2.75, 3.05) is 46.0 Å². The summed E-state index contributed by atoms with van der Waals surface area (Å²) in [7, 11) is 0. The number of halogens is 1. The number of carbonyl (C=O) groups is 1. The first kappa shape index (κ1) is 22.0. The Labute approximate surface area is 187 Å². The van der Waals surface area contributed by atoms with Crippen molar-refractivity contribution >= 4 is 16.8 Å². The number of carbonyl (C=O) groups excluding carboxylic acids is 1. The lowest BCUT2D eigenvalue weighted by Gasteiger charge is -2.26. The van der Waals surface area contributed by atoms with E-state index in [1.165, 1.54) is 12.1 Å². The zero-order valence-corrected chi connectivity index (χ0v) is 18.1. The second-order valence-corrected chi connectivity index (χ2v) is 7.74. The topological polar surface area (TPSA) is 55.7 Å². The van der Waals surface area contributed by atoms with E-state index in [0.29, 0.717) is 31.1 Å². The molecule has 4 rings (SSSR count). The quantitative estimate of drug-likeness (QED) is 0.521. The Kier molecular flexibility index (Phi) is 7.19. The van der Waals surface area contributed by atoms with E-state index in [1.807, 2.05) is 34.9 Å². The molecule has 32 heavy (non-hydrogen) atoms. The van der Waals surface area contributed by atoms with Crippen molar-refractivity contribution in [3.63, 3.8) is 0 Å². The molecule has 0 bridgehead atoms. The zero-order valence-electron chi connectivity index (χ0n) is 18.1. The maximum atomic E-state index is 13.8. The number of fused-ring (bicyclic) bond motifs is 1. The fourth-order valence-corrected chi connectivity index (χ4v) is 3.95. The number of ether oxygens (including phenoxy) is 2. The van der Waals surface area contributed by atoms with Gasteiger partial charge in [0.25, 0.3) is 5.91 Å². The van der Waals surface area contributed by atoms with Gasteiger partial charge >= 0.3 is 0 Å². The van der Waals surface area contributed by atoms with Gasteiger partial charge in [-0.3, -0.25) is 9.69 Å². The molecule has 2 heterocycles. The molecule has 2 aromatic carbocycles. The highest BCUT2D eigenvalue weighted by Gasteiger charge is 2.19. The number of nitrogens with zero attached hydrogens (tertiary/aromatic N) is 2. The van der Waals surface area contributed by atoms with E-state index < -0.39 is 0 Å². The minimum absolute atomic E-state index is 0.166. The lowest BCUT2D eigenvalue weighted by molar-refractivity contribution is 0.0383. The summed E-state index contributed by atoms with van der Waals surface area (Å²) in [6.45, 7) is 8.96. The summed E-state index contributed by atoms with van der Waals surface area (Å²) in [6, 6.07) is 14.0. The molecule has 0 saturated carbocycles. The molecule has 0 atom stereocenters. The van der Waals surface area contributed by atoms with Crippen LogP contribution in [-0.2, 0) is 11.3 Å². The van der Waals surface area contributed by atoms with Crippen LogP contribution in [0, 0.1) is 5.82 Å². The zero-order chi connectivity index (χ0) is 22.3. The molecule has 168 valence electrons. The molecule has 1 aromatic heterocycles. The van der Waals surface area contributed by atoms with Gasteiger partial charge in [-0.1, -0.05) is 30.9 Å². The molecule has 0 aliphatic carbocycles. The molecule has 6 nitrogen and oxygen atoms in total. The first-order chi connectivity index (χ1) is 15.7. The third kappa shape index (κ3) is 5.18. The molecule has 0 unspecified atom stereocenters. The van der Waals surface area contributed by atoms with E-state index >= 15 is 0 Å². The van der Waals surface area contributed by atoms with E-state index in [2.05, 4.69) is 16.8 Å². The van der Waals surface area contributed by atoms with Gasteiger partial charge in [-0.15, -0.1) is 0 Å². The van der Waals surface area contributed by atoms with Gasteiger partial charge in [-0.25, -0.2) is 4.39 Å². The summed E-state index contributed by atoms with van der Waals surface area (Å²) < 4.78 is 26.9. The highest BCUT2D eigenvalue weighted by atomic mass is 19.1. The average Bonchev–Trinajstić information content (AvgIpc) is 3.17. The van der Waals surface area contributed by atoms with E-state index in [4.69, 9.17) is 9.47 Å². The van der Waals surface area contributed by atoms with Crippen molar-refractivity contribution in [1.82, 2.24) is 14.8 Å². The predicted molar refractivity (Wildman–Crippen MR) is 123 cm³/mol. The van der Waals surface area contributed by atoms with Crippen LogP contribution >= 0.6 is 0 Å². The molecule has 0 radical (unpaired) electrons. The Hall–Kier alpha value is -3.16. The minimum Gasteiger partial charge on any atom is -0.489 e. The number of benzene rings is 2. The van der Waals surface area contributed by atoms with Crippen molar-refractivity contribution < 1.29 is 18.7 Å². The lowest BCUT2D eigenvalue weighted by atomic mass is 10.2. The van der Waals surface area contributed by atoms with Crippen molar-refractivity contribution in [2.24, 2.45) is 0 Å². The Morgan fingerprint density at radius 1 is 1.19 bits per heavy atom. The van der Waals surface area contributed by atoms with Crippen LogP contribution in [0.1, 0.15) is 16.1 Å². The molecular weight excluding hydrogens is 409 g/mol. The lowest BCUT2D eigenvalue weighted by Crippen LogP contribution is -2.41. The van der Waals surface area contributed by atoms with Gasteiger partial charge in [0, 0.05) is 38.1 Å². The number of hydrogen-bond donors (Lipinski definition) is 1. The Morgan fingerprint density at radius 2 is 2.00 bits per heavy atom. The SMILES string of the molecule is C=CCOc1cccc2c1cc(C(=O)NCCN1CCOCC1)n2Cc1cccc(F)c1. The van der Waals surface area contributed by atoms with Crippen molar-refractivity contribution in [1.29, 1.82) is 0 Å². The van der Waals surface area contributed by atoms with Gasteiger partial charge in [-0.2, -0.15) is 0 Å². The Balaban J connectivity index is 1.61. The highest BCUT2D eigenvalue weighted by molar-refractivity contribution is 6.00. The van der Waals surface area contributed by atoms with E-state index in [-0.39, 0.29) is 11.7 Å². The van der Waals surface area contributed by atoms with Gasteiger partial charge in [0.05, 0.1) is 18.7 Å². The smallest absolute Gasteiger partial charge is 0.268 e. The molecule has 1 fully saturated rings. The molecule has 1 saturated heterocycles. The van der Waals surface area contributed by atoms with Gasteiger partial charge in [-0.05, 0) is 35.9 Å². The molecule has 0 spiro atoms. The minimum atomic E-state index is -0.300. The van der Waals surface area contributed by atoms with Crippen molar-refractivity contribution in [3.05, 3.63) is 78.3 Å². The molecule has 1 aliphatic heterocycles. The Bertz CT molecular complexity index is 1090. The second kappa shape index (κ2) is 10.4. The summed E-state index contributed by atoms with van der Waals surface area (Å²) >= 11 is 0. The monoisotopic (exact) mass is 437 g/mol. The van der Waals surface area contributed by atoms with E-state index in [0.717, 1.165) is 49.3 Å². The molecule has 3 aromatic rings. The molecule has 1 aliphatic rings. The van der Waals surface area contributed by atoms with Gasteiger partial charge < -0.3 is 19.4 Å². The fraction of sp³-hybridized carbons (Fsp3) is 0.320. The van der Waals surface area contributed by atoms with Crippen LogP contribution in [-0.4, -0.2) is 61.4 Å². The maximum absolute atomic E-state index is 13.8. The number of hydrogen-bond acceptors (Lipinski definition) is 4. The maximum Gasteiger partial charge on any atom is 0.268 e. The number of amides is 1. The number of morpholine rings is 1. The van der Waals surface area contributed by atoms with E-state index in [1.54, 1.807) is 12.1 Å². The third-order valence-electron chi connectivity index (χ3n) is 5.54. The third-order valence-corrected chi connectivity index (χ3v) is 5.54. The van der Waals surface area contributed by atoms with Crippen LogP contribution in [0.25, 0.3) is 10.9 Å². The second-order valence-electron chi connectivity index (χ2n) is 7.74. The fourth-order valence-electron chi connectivity index (χ4n) is 3.95. The van der Waals surface area contributed by atoms with Gasteiger partial charge in [0.2, 0.25) is 0 Å². The molecule has 7 heteroatoms. The summed E-state index contributed by atoms with van der Waals surface area (Å²) in [5.41, 5.74) is 2.15. The Morgan fingerprint density at radius 3 is 2.78 bits per heavy atom. The van der Waals surface area contributed by atoms with Gasteiger partial charge in [0.15, 0.2) is 0 Å². The first-order valence-corrected chi connectivity index (χ1v) is 10.8. The summed E-state index contributed by atoms with van der Waals surface area (Å²) in [5.74, 6) is 0.216. The van der Waals surface area contributed by atoms with Crippen LogP contribution < -0.4 is 10.1 Å². The summed E-state index contributed by atoms with van der Waals surface area (Å²) in [6.07, 6.45) is 1.68. The molecular formula is C25H28FN3O3. The predicted octanol–water partition coefficient (Wildman–Crippen LogP) is 3.46. The van der Waals surface area contributed by atoms with Crippen molar-refractivity contribution in [3.8, 4) is 5.75 Å². The molecule has 1 N–H and O–H groups in total. The largest absolute Gasteiger partial charge is 0.489 e. The number of rotatable bonds is 9. The van der Waals surface area contributed by atoms with Gasteiger partial charge in [0.1, 0.15) is 23.9 Å². The summed E-state index contributed by atoms with van der Waals surface area (Å²) in [4.78, 5) is 15.4. The normalized spacial score (nSPS) is 14.4. The van der Waals surface area contributed by atoms with Crippen LogP contribution in [0.3, 0.4) is 0 Å². The van der Waals surface area contributed by atoms with Crippen LogP contribution in [0.2, 0.25) is 0 Å². The molecule has 1 amide bonds. The van der Waals surface area contributed by atoms with Crippen molar-refractivity contribution in [2.45, 2.75) is 6.54 Å². The number of aromatic nitrogens is 1. The van der Waals surface area contributed by atoms with Crippen LogP contribution in [0.15, 0.2) is 61.2 Å². The average molecular weight is 438 g/mol. The first-order valence-electron chi connectivity index (χ1n) is 10.8. The van der Waals surface area contributed by atoms with Crippen LogP contribution in [0.5, 0.6) is 5.75 Å². The van der Waals surface area contributed by atoms with E-state index in [9.17, 15) is 9.18 Å². The highest BCUT2D eigenvalue weighted by Crippen LogP contribution is 2.30. The summed E-state index contributed by atoms with van der Waals surface area (Å²) in [5, 5.41) is 3.87.